The number of rotatable bonds is 5. The fourth-order valence-corrected chi connectivity index (χ4v) is 1.60. The smallest absolute Gasteiger partial charge is 0.106 e. The molecule has 0 saturated heterocycles. The van der Waals surface area contributed by atoms with Crippen molar-refractivity contribution >= 4 is 0 Å². The highest BCUT2D eigenvalue weighted by Gasteiger charge is 2.02. The Balaban J connectivity index is 2.02. The highest BCUT2D eigenvalue weighted by Crippen LogP contribution is 2.15. The normalized spacial score (nSPS) is 10.6. The number of nitrogens with zero attached hydrogens (tertiary/aromatic N) is 2. The molecule has 16 heavy (non-hydrogen) atoms. The van der Waals surface area contributed by atoms with E-state index in [2.05, 4.69) is 15.0 Å². The van der Waals surface area contributed by atoms with Gasteiger partial charge in [0.1, 0.15) is 5.82 Å². The molecule has 0 amide bonds. The summed E-state index contributed by atoms with van der Waals surface area (Å²) in [4.78, 5) is 11.7. The molecule has 0 aliphatic carbocycles. The molecule has 2 aromatic rings. The number of hydrogen-bond acceptors (Lipinski definition) is 3. The Morgan fingerprint density at radius 1 is 1.19 bits per heavy atom. The molecule has 2 rings (SSSR count). The molecule has 0 radical (unpaired) electrons. The maximum atomic E-state index is 5.45. The van der Waals surface area contributed by atoms with E-state index in [1.165, 1.54) is 0 Å². The summed E-state index contributed by atoms with van der Waals surface area (Å²) in [5, 5.41) is 0. The summed E-state index contributed by atoms with van der Waals surface area (Å²) in [7, 11) is 0. The summed E-state index contributed by atoms with van der Waals surface area (Å²) in [6.07, 6.45) is 8.58. The molecule has 0 unspecified atom stereocenters. The molecule has 0 aliphatic rings. The van der Waals surface area contributed by atoms with Gasteiger partial charge in [-0.15, -0.1) is 0 Å². The number of pyridine rings is 1. The van der Waals surface area contributed by atoms with Gasteiger partial charge in [-0.3, -0.25) is 4.98 Å². The fraction of sp³-hybridized carbons (Fsp3) is 0.333. The Bertz CT molecular complexity index is 422. The minimum absolute atomic E-state index is 0.748. The van der Waals surface area contributed by atoms with Crippen LogP contribution < -0.4 is 5.73 Å². The number of nitrogens with two attached hydrogens (primary N) is 1. The second kappa shape index (κ2) is 5.42. The van der Waals surface area contributed by atoms with Crippen molar-refractivity contribution in [1.82, 2.24) is 15.0 Å². The quantitative estimate of drug-likeness (QED) is 0.748. The molecule has 4 heteroatoms. The van der Waals surface area contributed by atoms with E-state index in [9.17, 15) is 0 Å². The van der Waals surface area contributed by atoms with Crippen molar-refractivity contribution < 1.29 is 0 Å². The zero-order chi connectivity index (χ0) is 11.2. The van der Waals surface area contributed by atoms with Crippen molar-refractivity contribution in [3.05, 3.63) is 36.5 Å². The van der Waals surface area contributed by atoms with Crippen LogP contribution in [0, 0.1) is 0 Å². The van der Waals surface area contributed by atoms with Crippen LogP contribution in [0.25, 0.3) is 11.3 Å². The van der Waals surface area contributed by atoms with E-state index >= 15 is 0 Å². The largest absolute Gasteiger partial charge is 0.348 e. The first-order chi connectivity index (χ1) is 7.90. The molecule has 3 N–H and O–H groups in total. The second-order valence-electron chi connectivity index (χ2n) is 3.71. The van der Waals surface area contributed by atoms with E-state index in [1.54, 1.807) is 12.4 Å². The van der Waals surface area contributed by atoms with Gasteiger partial charge in [0, 0.05) is 30.6 Å². The van der Waals surface area contributed by atoms with Crippen LogP contribution in [-0.4, -0.2) is 21.5 Å². The van der Waals surface area contributed by atoms with Gasteiger partial charge >= 0.3 is 0 Å². The van der Waals surface area contributed by atoms with Crippen LogP contribution in [0.15, 0.2) is 30.7 Å². The lowest BCUT2D eigenvalue weighted by molar-refractivity contribution is 0.723. The van der Waals surface area contributed by atoms with Crippen LogP contribution in [0.3, 0.4) is 0 Å². The van der Waals surface area contributed by atoms with Gasteiger partial charge in [-0.2, -0.15) is 0 Å². The number of imidazole rings is 1. The van der Waals surface area contributed by atoms with Gasteiger partial charge in [-0.25, -0.2) is 4.98 Å². The van der Waals surface area contributed by atoms with Crippen LogP contribution in [0.5, 0.6) is 0 Å². The van der Waals surface area contributed by atoms with E-state index in [0.29, 0.717) is 0 Å². The minimum Gasteiger partial charge on any atom is -0.348 e. The van der Waals surface area contributed by atoms with Crippen LogP contribution >= 0.6 is 0 Å². The van der Waals surface area contributed by atoms with Crippen LogP contribution in [0.1, 0.15) is 18.7 Å². The Morgan fingerprint density at radius 3 is 2.75 bits per heavy atom. The Labute approximate surface area is 94.9 Å². The van der Waals surface area contributed by atoms with Crippen molar-refractivity contribution in [1.29, 1.82) is 0 Å². The molecular formula is C12H16N4. The predicted molar refractivity (Wildman–Crippen MR) is 63.8 cm³/mol. The monoisotopic (exact) mass is 216 g/mol. The second-order valence-corrected chi connectivity index (χ2v) is 3.71. The first-order valence-corrected chi connectivity index (χ1v) is 5.55. The number of aromatic amines is 1. The average Bonchev–Trinajstić information content (AvgIpc) is 2.79. The summed E-state index contributed by atoms with van der Waals surface area (Å²) < 4.78 is 0. The molecule has 0 bridgehead atoms. The van der Waals surface area contributed by atoms with E-state index in [0.717, 1.165) is 42.9 Å². The Kier molecular flexibility index (Phi) is 3.66. The number of nitrogens with one attached hydrogen (secondary N) is 1. The third-order valence-corrected chi connectivity index (χ3v) is 2.47. The molecule has 2 heterocycles. The van der Waals surface area contributed by atoms with Gasteiger partial charge in [0.15, 0.2) is 0 Å². The maximum Gasteiger partial charge on any atom is 0.106 e. The Hall–Kier alpha value is -1.68. The van der Waals surface area contributed by atoms with E-state index in [1.807, 2.05) is 18.3 Å². The van der Waals surface area contributed by atoms with Gasteiger partial charge in [-0.1, -0.05) is 0 Å². The van der Waals surface area contributed by atoms with Crippen molar-refractivity contribution in [3.63, 3.8) is 0 Å². The molecule has 0 aromatic carbocycles. The van der Waals surface area contributed by atoms with Gasteiger partial charge < -0.3 is 10.7 Å². The third-order valence-electron chi connectivity index (χ3n) is 2.47. The number of unbranched alkanes of at least 4 members (excludes halogenated alkanes) is 1. The van der Waals surface area contributed by atoms with Crippen molar-refractivity contribution in [3.8, 4) is 11.3 Å². The van der Waals surface area contributed by atoms with Crippen LogP contribution in [0.2, 0.25) is 0 Å². The SMILES string of the molecule is NCCCCc1nc(-c2ccncc2)c[nH]1. The number of H-pyrrole nitrogens is 1. The van der Waals surface area contributed by atoms with Gasteiger partial charge in [0.05, 0.1) is 5.69 Å². The molecule has 2 aromatic heterocycles. The van der Waals surface area contributed by atoms with Crippen molar-refractivity contribution in [2.75, 3.05) is 6.54 Å². The molecule has 0 saturated carbocycles. The molecule has 0 atom stereocenters. The third kappa shape index (κ3) is 2.67. The number of aryl methyl sites for hydroxylation is 1. The zero-order valence-electron chi connectivity index (χ0n) is 9.19. The van der Waals surface area contributed by atoms with Gasteiger partial charge in [-0.05, 0) is 31.5 Å². The van der Waals surface area contributed by atoms with Gasteiger partial charge in [0.25, 0.3) is 0 Å². The standard InChI is InChI=1S/C12H16N4/c13-6-2-1-3-12-15-9-11(16-12)10-4-7-14-8-5-10/h4-5,7-9H,1-3,6,13H2,(H,15,16). The number of hydrogen-bond donors (Lipinski definition) is 2. The average molecular weight is 216 g/mol. The molecule has 0 fully saturated rings. The fourth-order valence-electron chi connectivity index (χ4n) is 1.60. The summed E-state index contributed by atoms with van der Waals surface area (Å²) in [6.45, 7) is 0.748. The maximum absolute atomic E-state index is 5.45. The highest BCUT2D eigenvalue weighted by molar-refractivity contribution is 5.57. The highest BCUT2D eigenvalue weighted by atomic mass is 14.9. The van der Waals surface area contributed by atoms with E-state index in [4.69, 9.17) is 5.73 Å². The summed E-state index contributed by atoms with van der Waals surface area (Å²) in [5.41, 5.74) is 7.52. The Morgan fingerprint density at radius 2 is 2.00 bits per heavy atom. The molecule has 0 spiro atoms. The number of aromatic nitrogens is 3. The lowest BCUT2D eigenvalue weighted by Gasteiger charge is -1.95. The predicted octanol–water partition coefficient (Wildman–Crippen LogP) is 1.75. The van der Waals surface area contributed by atoms with E-state index in [-0.39, 0.29) is 0 Å². The first kappa shape index (κ1) is 10.8. The molecule has 4 nitrogen and oxygen atoms in total. The topological polar surface area (TPSA) is 67.6 Å². The first-order valence-electron chi connectivity index (χ1n) is 5.55. The van der Waals surface area contributed by atoms with Gasteiger partial charge in [0.2, 0.25) is 0 Å². The summed E-state index contributed by atoms with van der Waals surface area (Å²) in [6, 6.07) is 3.92. The zero-order valence-corrected chi connectivity index (χ0v) is 9.19. The lowest BCUT2D eigenvalue weighted by Crippen LogP contribution is -1.99. The minimum atomic E-state index is 0.748. The van der Waals surface area contributed by atoms with Crippen LogP contribution in [0.4, 0.5) is 0 Å². The molecule has 84 valence electrons. The van der Waals surface area contributed by atoms with Crippen LogP contribution in [-0.2, 0) is 6.42 Å². The molecular weight excluding hydrogens is 200 g/mol. The van der Waals surface area contributed by atoms with Crippen molar-refractivity contribution in [2.45, 2.75) is 19.3 Å². The summed E-state index contributed by atoms with van der Waals surface area (Å²) >= 11 is 0. The molecule has 0 aliphatic heterocycles. The van der Waals surface area contributed by atoms with E-state index < -0.39 is 0 Å². The van der Waals surface area contributed by atoms with Crippen molar-refractivity contribution in [2.24, 2.45) is 5.73 Å². The summed E-state index contributed by atoms with van der Waals surface area (Å²) in [5.74, 6) is 1.03. The lowest BCUT2D eigenvalue weighted by atomic mass is 10.2.